The number of carbonyl (C=O) groups excluding carboxylic acids is 1. The number of amides is 1. The molecule has 2 aliphatic rings. The molecule has 3 unspecified atom stereocenters. The van der Waals surface area contributed by atoms with Gasteiger partial charge in [0.25, 0.3) is 0 Å². The van der Waals surface area contributed by atoms with E-state index in [1.54, 1.807) is 6.20 Å². The van der Waals surface area contributed by atoms with Gasteiger partial charge in [-0.2, -0.15) is 5.10 Å². The number of carbonyl (C=O) groups is 1. The number of alkyl halides is 2. The van der Waals surface area contributed by atoms with Gasteiger partial charge in [-0.25, -0.2) is 14.6 Å². The number of halogens is 2. The van der Waals surface area contributed by atoms with Crippen molar-refractivity contribution in [2.75, 3.05) is 25.0 Å². The molecule has 2 fully saturated rings. The second-order valence-corrected chi connectivity index (χ2v) is 8.93. The molecule has 0 aromatic carbocycles. The summed E-state index contributed by atoms with van der Waals surface area (Å²) in [6, 6.07) is 0. The van der Waals surface area contributed by atoms with Crippen molar-refractivity contribution in [1.82, 2.24) is 24.6 Å². The molecule has 152 valence electrons. The molecule has 1 aliphatic heterocycles. The third-order valence-corrected chi connectivity index (χ3v) is 6.68. The van der Waals surface area contributed by atoms with Crippen LogP contribution in [0, 0.1) is 5.92 Å². The molecule has 2 aromatic heterocycles. The molecule has 4 rings (SSSR count). The molecule has 2 aromatic rings. The predicted octanol–water partition coefficient (Wildman–Crippen LogP) is 3.27. The molecule has 1 saturated carbocycles. The Labute approximate surface area is 174 Å². The highest BCUT2D eigenvalue weighted by Gasteiger charge is 2.33. The summed E-state index contributed by atoms with van der Waals surface area (Å²) in [5.41, 5.74) is 0.745. The summed E-state index contributed by atoms with van der Waals surface area (Å²) in [6.07, 6.45) is 9.21. The third kappa shape index (κ3) is 4.42. The van der Waals surface area contributed by atoms with E-state index in [1.807, 2.05) is 4.68 Å². The van der Waals surface area contributed by atoms with E-state index >= 15 is 0 Å². The maximum atomic E-state index is 12.7. The van der Waals surface area contributed by atoms with Crippen LogP contribution in [0.5, 0.6) is 0 Å². The number of hydrogen-bond donors (Lipinski definition) is 1. The van der Waals surface area contributed by atoms with Crippen molar-refractivity contribution in [3.8, 4) is 0 Å². The molecule has 3 atom stereocenters. The van der Waals surface area contributed by atoms with E-state index in [1.165, 1.54) is 25.6 Å². The Balaban J connectivity index is 1.44. The van der Waals surface area contributed by atoms with Crippen LogP contribution in [0.4, 0.5) is 5.82 Å². The van der Waals surface area contributed by atoms with Crippen molar-refractivity contribution in [2.45, 2.75) is 55.8 Å². The monoisotopic (exact) mass is 424 g/mol. The molecule has 3 heterocycles. The summed E-state index contributed by atoms with van der Waals surface area (Å²) in [4.78, 5) is 23.9. The van der Waals surface area contributed by atoms with Crippen LogP contribution in [0.2, 0.25) is 0 Å². The summed E-state index contributed by atoms with van der Waals surface area (Å²) in [5.74, 6) is 0.136. The quantitative estimate of drug-likeness (QED) is 0.745. The Morgan fingerprint density at radius 2 is 1.96 bits per heavy atom. The van der Waals surface area contributed by atoms with Crippen LogP contribution in [-0.4, -0.2) is 60.9 Å². The first-order valence-electron chi connectivity index (χ1n) is 10.1. The number of rotatable bonds is 5. The number of anilines is 1. The molecule has 0 radical (unpaired) electrons. The van der Waals surface area contributed by atoms with Crippen molar-refractivity contribution >= 4 is 46.0 Å². The average molecular weight is 425 g/mol. The van der Waals surface area contributed by atoms with Gasteiger partial charge in [0.1, 0.15) is 12.1 Å². The highest BCUT2D eigenvalue weighted by molar-refractivity contribution is 6.25. The zero-order valence-electron chi connectivity index (χ0n) is 15.9. The average Bonchev–Trinajstić information content (AvgIpc) is 3.11. The van der Waals surface area contributed by atoms with Crippen molar-refractivity contribution in [1.29, 1.82) is 0 Å². The van der Waals surface area contributed by atoms with E-state index in [-0.39, 0.29) is 22.6 Å². The highest BCUT2D eigenvalue weighted by Crippen LogP contribution is 2.33. The van der Waals surface area contributed by atoms with Gasteiger partial charge in [-0.05, 0) is 45.2 Å². The van der Waals surface area contributed by atoms with Crippen LogP contribution in [0.25, 0.3) is 11.0 Å². The lowest BCUT2D eigenvalue weighted by atomic mass is 9.87. The maximum absolute atomic E-state index is 12.7. The lowest BCUT2D eigenvalue weighted by molar-refractivity contribution is -0.120. The summed E-state index contributed by atoms with van der Waals surface area (Å²) < 4.78 is 1.89. The standard InChI is InChI=1S/C19H26Cl2N6O/c20-13-4-5-14(16(21)10-13)19(28)25-17-15-11-24-27(18(15)23-12-22-17)9-8-26-6-2-1-3-7-26/h11-14,16H,1-10H2,(H,22,23,25,28). The van der Waals surface area contributed by atoms with E-state index in [2.05, 4.69) is 25.3 Å². The van der Waals surface area contributed by atoms with Gasteiger partial charge >= 0.3 is 0 Å². The van der Waals surface area contributed by atoms with Crippen LogP contribution < -0.4 is 5.32 Å². The van der Waals surface area contributed by atoms with Crippen LogP contribution in [-0.2, 0) is 11.3 Å². The topological polar surface area (TPSA) is 75.9 Å². The van der Waals surface area contributed by atoms with Gasteiger partial charge < -0.3 is 10.2 Å². The first-order valence-corrected chi connectivity index (χ1v) is 11.0. The van der Waals surface area contributed by atoms with E-state index in [0.717, 1.165) is 43.6 Å². The second-order valence-electron chi connectivity index (χ2n) is 7.75. The third-order valence-electron chi connectivity index (χ3n) is 5.80. The molecule has 9 heteroatoms. The molecule has 28 heavy (non-hydrogen) atoms. The smallest absolute Gasteiger partial charge is 0.230 e. The molecule has 1 amide bonds. The van der Waals surface area contributed by atoms with Crippen molar-refractivity contribution in [3.05, 3.63) is 12.5 Å². The molecule has 0 bridgehead atoms. The SMILES string of the molecule is O=C(Nc1ncnc2c1cnn2CCN1CCCCC1)C1CCC(Cl)CC1Cl. The number of nitrogens with one attached hydrogen (secondary N) is 1. The molecule has 7 nitrogen and oxygen atoms in total. The minimum Gasteiger partial charge on any atom is -0.310 e. The number of hydrogen-bond acceptors (Lipinski definition) is 5. The largest absolute Gasteiger partial charge is 0.310 e. The lowest BCUT2D eigenvalue weighted by Crippen LogP contribution is -2.35. The minimum absolute atomic E-state index is 0.0513. The van der Waals surface area contributed by atoms with Crippen molar-refractivity contribution < 1.29 is 4.79 Å². The number of nitrogens with zero attached hydrogens (tertiary/aromatic N) is 5. The number of piperidine rings is 1. The van der Waals surface area contributed by atoms with Gasteiger partial charge in [0.05, 0.1) is 24.0 Å². The Hall–Kier alpha value is -1.44. The number of aromatic nitrogens is 4. The van der Waals surface area contributed by atoms with Crippen LogP contribution in [0.1, 0.15) is 38.5 Å². The summed E-state index contributed by atoms with van der Waals surface area (Å²) in [7, 11) is 0. The predicted molar refractivity (Wildman–Crippen MR) is 111 cm³/mol. The number of fused-ring (bicyclic) bond motifs is 1. The molecule has 1 aliphatic carbocycles. The van der Waals surface area contributed by atoms with E-state index in [4.69, 9.17) is 23.2 Å². The fraction of sp³-hybridized carbons (Fsp3) is 0.684. The molecule has 0 spiro atoms. The minimum atomic E-state index is -0.254. The first-order chi connectivity index (χ1) is 13.6. The van der Waals surface area contributed by atoms with E-state index < -0.39 is 0 Å². The van der Waals surface area contributed by atoms with Gasteiger partial charge in [0.15, 0.2) is 5.65 Å². The normalized spacial score (nSPS) is 26.4. The zero-order valence-corrected chi connectivity index (χ0v) is 17.4. The Bertz CT molecular complexity index is 822. The summed E-state index contributed by atoms with van der Waals surface area (Å²) in [5, 5.41) is 7.97. The van der Waals surface area contributed by atoms with E-state index in [9.17, 15) is 4.79 Å². The van der Waals surface area contributed by atoms with Crippen LogP contribution in [0.15, 0.2) is 12.5 Å². The van der Waals surface area contributed by atoms with Crippen LogP contribution >= 0.6 is 23.2 Å². The van der Waals surface area contributed by atoms with Gasteiger partial charge in [-0.3, -0.25) is 4.79 Å². The molecule has 1 N–H and O–H groups in total. The van der Waals surface area contributed by atoms with Gasteiger partial charge in [-0.1, -0.05) is 6.42 Å². The fourth-order valence-electron chi connectivity index (χ4n) is 4.15. The van der Waals surface area contributed by atoms with Crippen molar-refractivity contribution in [3.63, 3.8) is 0 Å². The molecular weight excluding hydrogens is 399 g/mol. The van der Waals surface area contributed by atoms with Crippen molar-refractivity contribution in [2.24, 2.45) is 5.92 Å². The maximum Gasteiger partial charge on any atom is 0.230 e. The van der Waals surface area contributed by atoms with Gasteiger partial charge in [-0.15, -0.1) is 23.2 Å². The second kappa shape index (κ2) is 8.93. The fourth-order valence-corrected chi connectivity index (χ4v) is 5.01. The molecule has 1 saturated heterocycles. The Kier molecular flexibility index (Phi) is 6.33. The zero-order chi connectivity index (χ0) is 19.5. The number of likely N-dealkylation sites (tertiary alicyclic amines) is 1. The van der Waals surface area contributed by atoms with E-state index in [0.29, 0.717) is 18.7 Å². The molecular formula is C19H26Cl2N6O. The van der Waals surface area contributed by atoms with Gasteiger partial charge in [0, 0.05) is 17.3 Å². The summed E-state index contributed by atoms with van der Waals surface area (Å²) >= 11 is 12.5. The Morgan fingerprint density at radius 1 is 1.14 bits per heavy atom. The first kappa shape index (κ1) is 19.9. The Morgan fingerprint density at radius 3 is 2.75 bits per heavy atom. The van der Waals surface area contributed by atoms with Gasteiger partial charge in [0.2, 0.25) is 5.91 Å². The highest BCUT2D eigenvalue weighted by atomic mass is 35.5. The summed E-state index contributed by atoms with van der Waals surface area (Å²) in [6.45, 7) is 4.04. The lowest BCUT2D eigenvalue weighted by Gasteiger charge is -2.28. The van der Waals surface area contributed by atoms with Crippen LogP contribution in [0.3, 0.4) is 0 Å².